The van der Waals surface area contributed by atoms with Crippen molar-refractivity contribution < 1.29 is 4.74 Å². The standard InChI is InChI=1S/C14H15ClN2O/c1-10-12(15)4-3-5-13(10)16-8-11-6-7-14(18-2)17-9-11/h3-7,9,16H,8H2,1-2H3. The third-order valence-electron chi connectivity index (χ3n) is 2.76. The molecule has 0 saturated carbocycles. The van der Waals surface area contributed by atoms with E-state index in [0.717, 1.165) is 21.8 Å². The van der Waals surface area contributed by atoms with Crippen molar-refractivity contribution in [2.45, 2.75) is 13.5 Å². The summed E-state index contributed by atoms with van der Waals surface area (Å²) in [4.78, 5) is 4.16. The SMILES string of the molecule is COc1ccc(CNc2cccc(Cl)c2C)cn1. The van der Waals surface area contributed by atoms with Gasteiger partial charge in [0.15, 0.2) is 0 Å². The van der Waals surface area contributed by atoms with Crippen molar-refractivity contribution in [1.29, 1.82) is 0 Å². The van der Waals surface area contributed by atoms with Crippen LogP contribution in [0.15, 0.2) is 36.5 Å². The van der Waals surface area contributed by atoms with E-state index in [9.17, 15) is 0 Å². The second-order valence-corrected chi connectivity index (χ2v) is 4.38. The van der Waals surface area contributed by atoms with Crippen LogP contribution in [0.25, 0.3) is 0 Å². The molecule has 1 aromatic heterocycles. The Hall–Kier alpha value is -1.74. The Morgan fingerprint density at radius 3 is 2.78 bits per heavy atom. The Morgan fingerprint density at radius 2 is 2.11 bits per heavy atom. The third kappa shape index (κ3) is 2.93. The number of methoxy groups -OCH3 is 1. The predicted molar refractivity (Wildman–Crippen MR) is 74.3 cm³/mol. The molecule has 18 heavy (non-hydrogen) atoms. The van der Waals surface area contributed by atoms with Crippen LogP contribution in [-0.2, 0) is 6.54 Å². The predicted octanol–water partition coefficient (Wildman–Crippen LogP) is 3.66. The lowest BCUT2D eigenvalue weighted by atomic mass is 10.2. The maximum Gasteiger partial charge on any atom is 0.212 e. The highest BCUT2D eigenvalue weighted by Crippen LogP contribution is 2.23. The molecule has 1 N–H and O–H groups in total. The van der Waals surface area contributed by atoms with Gasteiger partial charge in [0, 0.05) is 29.5 Å². The van der Waals surface area contributed by atoms with Crippen LogP contribution in [0.3, 0.4) is 0 Å². The first kappa shape index (κ1) is 12.7. The molecule has 0 bridgehead atoms. The Kier molecular flexibility index (Phi) is 4.05. The molecule has 1 heterocycles. The molecular weight excluding hydrogens is 248 g/mol. The van der Waals surface area contributed by atoms with Crippen molar-refractivity contribution in [1.82, 2.24) is 4.98 Å². The molecule has 94 valence electrons. The molecule has 0 unspecified atom stereocenters. The number of nitrogens with one attached hydrogen (secondary N) is 1. The molecular formula is C14H15ClN2O. The molecule has 2 rings (SSSR count). The van der Waals surface area contributed by atoms with Crippen LogP contribution in [0.5, 0.6) is 5.88 Å². The first-order chi connectivity index (χ1) is 8.70. The van der Waals surface area contributed by atoms with Crippen LogP contribution in [0.1, 0.15) is 11.1 Å². The van der Waals surface area contributed by atoms with E-state index in [4.69, 9.17) is 16.3 Å². The number of ether oxygens (including phenoxy) is 1. The molecule has 4 heteroatoms. The van der Waals surface area contributed by atoms with Gasteiger partial charge < -0.3 is 10.1 Å². The van der Waals surface area contributed by atoms with E-state index >= 15 is 0 Å². The van der Waals surface area contributed by atoms with Crippen LogP contribution in [0.4, 0.5) is 5.69 Å². The van der Waals surface area contributed by atoms with E-state index in [1.807, 2.05) is 37.3 Å². The van der Waals surface area contributed by atoms with Gasteiger partial charge >= 0.3 is 0 Å². The van der Waals surface area contributed by atoms with Crippen LogP contribution in [-0.4, -0.2) is 12.1 Å². The van der Waals surface area contributed by atoms with Crippen molar-refractivity contribution in [2.75, 3.05) is 12.4 Å². The van der Waals surface area contributed by atoms with Gasteiger partial charge in [-0.1, -0.05) is 23.7 Å². The van der Waals surface area contributed by atoms with Gasteiger partial charge in [-0.2, -0.15) is 0 Å². The summed E-state index contributed by atoms with van der Waals surface area (Å²) in [6.07, 6.45) is 1.80. The van der Waals surface area contributed by atoms with Crippen LogP contribution in [0.2, 0.25) is 5.02 Å². The van der Waals surface area contributed by atoms with Crippen molar-refractivity contribution in [3.8, 4) is 5.88 Å². The average molecular weight is 263 g/mol. The summed E-state index contributed by atoms with van der Waals surface area (Å²) in [6, 6.07) is 9.67. The fraction of sp³-hybridized carbons (Fsp3) is 0.214. The zero-order chi connectivity index (χ0) is 13.0. The van der Waals surface area contributed by atoms with Gasteiger partial charge in [0.25, 0.3) is 0 Å². The first-order valence-electron chi connectivity index (χ1n) is 5.68. The Morgan fingerprint density at radius 1 is 1.28 bits per heavy atom. The van der Waals surface area contributed by atoms with Gasteiger partial charge in [0.1, 0.15) is 0 Å². The number of aromatic nitrogens is 1. The van der Waals surface area contributed by atoms with E-state index in [-0.39, 0.29) is 0 Å². The third-order valence-corrected chi connectivity index (χ3v) is 3.17. The first-order valence-corrected chi connectivity index (χ1v) is 6.06. The van der Waals surface area contributed by atoms with Gasteiger partial charge in [0.2, 0.25) is 5.88 Å². The molecule has 1 aromatic carbocycles. The lowest BCUT2D eigenvalue weighted by Gasteiger charge is -2.10. The van der Waals surface area contributed by atoms with E-state index in [2.05, 4.69) is 10.3 Å². The highest BCUT2D eigenvalue weighted by atomic mass is 35.5. The number of hydrogen-bond donors (Lipinski definition) is 1. The van der Waals surface area contributed by atoms with Gasteiger partial charge in [-0.15, -0.1) is 0 Å². The molecule has 2 aromatic rings. The lowest BCUT2D eigenvalue weighted by molar-refractivity contribution is 0.397. The van der Waals surface area contributed by atoms with E-state index in [1.54, 1.807) is 13.3 Å². The van der Waals surface area contributed by atoms with Crippen molar-refractivity contribution in [2.24, 2.45) is 0 Å². The number of rotatable bonds is 4. The highest BCUT2D eigenvalue weighted by molar-refractivity contribution is 6.31. The Labute approximate surface area is 112 Å². The zero-order valence-corrected chi connectivity index (χ0v) is 11.2. The minimum absolute atomic E-state index is 0.623. The second kappa shape index (κ2) is 5.74. The fourth-order valence-corrected chi connectivity index (χ4v) is 1.81. The van der Waals surface area contributed by atoms with Crippen molar-refractivity contribution >= 4 is 17.3 Å². The van der Waals surface area contributed by atoms with Gasteiger partial charge in [-0.3, -0.25) is 0 Å². The van der Waals surface area contributed by atoms with Crippen LogP contribution < -0.4 is 10.1 Å². The van der Waals surface area contributed by atoms with E-state index in [1.165, 1.54) is 0 Å². The second-order valence-electron chi connectivity index (χ2n) is 3.97. The molecule has 0 spiro atoms. The summed E-state index contributed by atoms with van der Waals surface area (Å²) in [5, 5.41) is 4.11. The molecule has 3 nitrogen and oxygen atoms in total. The molecule has 0 atom stereocenters. The maximum atomic E-state index is 6.07. The number of benzene rings is 1. The van der Waals surface area contributed by atoms with Gasteiger partial charge in [-0.05, 0) is 30.2 Å². The number of nitrogens with zero attached hydrogens (tertiary/aromatic N) is 1. The normalized spacial score (nSPS) is 10.2. The molecule has 0 saturated heterocycles. The quantitative estimate of drug-likeness (QED) is 0.913. The minimum Gasteiger partial charge on any atom is -0.481 e. The fourth-order valence-electron chi connectivity index (χ4n) is 1.63. The summed E-state index contributed by atoms with van der Waals surface area (Å²) >= 11 is 6.07. The molecule has 0 amide bonds. The Balaban J connectivity index is 2.04. The summed E-state index contributed by atoms with van der Waals surface area (Å²) in [5.74, 6) is 0.623. The summed E-state index contributed by atoms with van der Waals surface area (Å²) < 4.78 is 5.02. The van der Waals surface area contributed by atoms with Crippen LogP contribution in [0, 0.1) is 6.92 Å². The summed E-state index contributed by atoms with van der Waals surface area (Å²) in [5.41, 5.74) is 3.19. The van der Waals surface area contributed by atoms with Crippen molar-refractivity contribution in [3.63, 3.8) is 0 Å². The highest BCUT2D eigenvalue weighted by Gasteiger charge is 2.02. The molecule has 0 radical (unpaired) electrons. The Bertz CT molecular complexity index is 526. The summed E-state index contributed by atoms with van der Waals surface area (Å²) in [7, 11) is 1.61. The molecule has 0 aliphatic carbocycles. The topological polar surface area (TPSA) is 34.1 Å². The molecule has 0 aliphatic rings. The summed E-state index contributed by atoms with van der Waals surface area (Å²) in [6.45, 7) is 2.70. The van der Waals surface area contributed by atoms with Crippen LogP contribution >= 0.6 is 11.6 Å². The largest absolute Gasteiger partial charge is 0.481 e. The number of pyridine rings is 1. The maximum absolute atomic E-state index is 6.07. The lowest BCUT2D eigenvalue weighted by Crippen LogP contribution is -2.01. The minimum atomic E-state index is 0.623. The van der Waals surface area contributed by atoms with Crippen molar-refractivity contribution in [3.05, 3.63) is 52.7 Å². The molecule has 0 aliphatic heterocycles. The number of hydrogen-bond acceptors (Lipinski definition) is 3. The molecule has 0 fully saturated rings. The smallest absolute Gasteiger partial charge is 0.212 e. The monoisotopic (exact) mass is 262 g/mol. The van der Waals surface area contributed by atoms with E-state index < -0.39 is 0 Å². The van der Waals surface area contributed by atoms with Gasteiger partial charge in [-0.25, -0.2) is 4.98 Å². The van der Waals surface area contributed by atoms with E-state index in [0.29, 0.717) is 12.4 Å². The zero-order valence-electron chi connectivity index (χ0n) is 10.4. The average Bonchev–Trinajstić information content (AvgIpc) is 2.41. The number of anilines is 1. The van der Waals surface area contributed by atoms with Gasteiger partial charge in [0.05, 0.1) is 7.11 Å². The number of halogens is 1.